The molecule has 6 rings (SSSR count). The summed E-state index contributed by atoms with van der Waals surface area (Å²) in [5, 5.41) is 15.4. The number of amides is 2. The molecule has 1 fully saturated rings. The minimum absolute atomic E-state index is 0.0121. The quantitative estimate of drug-likeness (QED) is 0.127. The van der Waals surface area contributed by atoms with Crippen LogP contribution in [0, 0.1) is 0 Å². The van der Waals surface area contributed by atoms with Crippen molar-refractivity contribution in [3.63, 3.8) is 0 Å². The Hall–Kier alpha value is -4.79. The molecule has 5 aromatic carbocycles. The van der Waals surface area contributed by atoms with Gasteiger partial charge < -0.3 is 25.2 Å². The summed E-state index contributed by atoms with van der Waals surface area (Å²) in [5.41, 5.74) is 8.38. The fraction of sp³-hybridized carbons (Fsp3) is 0.262. The second-order valence-corrected chi connectivity index (χ2v) is 12.7. The SMILES string of the molecule is CC(c1ccccc1)N(C)CC1CC(c2ccc(CO)cc2)OC(c2ccc(-c3cccc(CNC(=O)NCc4ccccc4)c3)cc2)O1. The zero-order chi connectivity index (χ0) is 34.0. The Morgan fingerprint density at radius 2 is 1.37 bits per heavy atom. The summed E-state index contributed by atoms with van der Waals surface area (Å²) in [6.07, 6.45) is 0.00170. The van der Waals surface area contributed by atoms with Crippen LogP contribution < -0.4 is 10.6 Å². The van der Waals surface area contributed by atoms with Gasteiger partial charge in [0, 0.05) is 37.7 Å². The smallest absolute Gasteiger partial charge is 0.315 e. The van der Waals surface area contributed by atoms with E-state index in [9.17, 15) is 9.90 Å². The average molecular weight is 656 g/mol. The second-order valence-electron chi connectivity index (χ2n) is 12.7. The zero-order valence-electron chi connectivity index (χ0n) is 28.2. The topological polar surface area (TPSA) is 83.1 Å². The first-order valence-corrected chi connectivity index (χ1v) is 17.0. The largest absolute Gasteiger partial charge is 0.392 e. The van der Waals surface area contributed by atoms with Gasteiger partial charge in [-0.05, 0) is 59.0 Å². The highest BCUT2D eigenvalue weighted by molar-refractivity contribution is 5.74. The Kier molecular flexibility index (Phi) is 11.5. The Morgan fingerprint density at radius 3 is 2.06 bits per heavy atom. The van der Waals surface area contributed by atoms with Crippen LogP contribution in [0.3, 0.4) is 0 Å². The van der Waals surface area contributed by atoms with Gasteiger partial charge in [0.15, 0.2) is 6.29 Å². The second kappa shape index (κ2) is 16.5. The Balaban J connectivity index is 1.12. The molecule has 4 atom stereocenters. The van der Waals surface area contributed by atoms with E-state index in [0.29, 0.717) is 13.1 Å². The number of hydrogen-bond donors (Lipinski definition) is 3. The van der Waals surface area contributed by atoms with Crippen LogP contribution in [0.25, 0.3) is 11.1 Å². The first-order chi connectivity index (χ1) is 23.9. The average Bonchev–Trinajstić information content (AvgIpc) is 3.16. The third-order valence-corrected chi connectivity index (χ3v) is 9.24. The van der Waals surface area contributed by atoms with Gasteiger partial charge in [-0.25, -0.2) is 4.79 Å². The number of nitrogens with one attached hydrogen (secondary N) is 2. The number of benzene rings is 5. The molecule has 0 aliphatic carbocycles. The molecule has 7 heteroatoms. The van der Waals surface area contributed by atoms with Gasteiger partial charge in [0.05, 0.1) is 18.8 Å². The van der Waals surface area contributed by atoms with Crippen LogP contribution in [0.1, 0.15) is 65.2 Å². The van der Waals surface area contributed by atoms with Crippen LogP contribution in [0.4, 0.5) is 4.79 Å². The van der Waals surface area contributed by atoms with E-state index in [1.165, 1.54) is 5.56 Å². The number of aliphatic hydroxyl groups excluding tert-OH is 1. The lowest BCUT2D eigenvalue weighted by Crippen LogP contribution is -2.38. The highest BCUT2D eigenvalue weighted by Gasteiger charge is 2.33. The third kappa shape index (κ3) is 9.22. The number of ether oxygens (including phenoxy) is 2. The minimum Gasteiger partial charge on any atom is -0.392 e. The summed E-state index contributed by atoms with van der Waals surface area (Å²) >= 11 is 0. The summed E-state index contributed by atoms with van der Waals surface area (Å²) in [5.74, 6) is 0. The lowest BCUT2D eigenvalue weighted by molar-refractivity contribution is -0.253. The third-order valence-electron chi connectivity index (χ3n) is 9.24. The molecule has 0 radical (unpaired) electrons. The van der Waals surface area contributed by atoms with Gasteiger partial charge in [-0.3, -0.25) is 4.90 Å². The maximum Gasteiger partial charge on any atom is 0.315 e. The molecule has 1 heterocycles. The van der Waals surface area contributed by atoms with Crippen LogP contribution in [-0.2, 0) is 29.2 Å². The molecule has 3 N–H and O–H groups in total. The number of likely N-dealkylation sites (N-methyl/N-ethyl adjacent to an activating group) is 1. The summed E-state index contributed by atoms with van der Waals surface area (Å²) in [7, 11) is 2.14. The Bertz CT molecular complexity index is 1760. The van der Waals surface area contributed by atoms with Crippen molar-refractivity contribution in [1.82, 2.24) is 15.5 Å². The summed E-state index contributed by atoms with van der Waals surface area (Å²) in [6, 6.07) is 45.0. The lowest BCUT2D eigenvalue weighted by Gasteiger charge is -2.39. The fourth-order valence-corrected chi connectivity index (χ4v) is 6.21. The molecule has 1 aliphatic rings. The highest BCUT2D eigenvalue weighted by atomic mass is 16.7. The monoisotopic (exact) mass is 655 g/mol. The van der Waals surface area contributed by atoms with Gasteiger partial charge in [-0.1, -0.05) is 127 Å². The van der Waals surface area contributed by atoms with Crippen molar-refractivity contribution < 1.29 is 19.4 Å². The molecular formula is C42H45N3O4. The molecule has 0 bridgehead atoms. The lowest BCUT2D eigenvalue weighted by atomic mass is 9.98. The van der Waals surface area contributed by atoms with E-state index in [0.717, 1.165) is 51.9 Å². The summed E-state index contributed by atoms with van der Waals surface area (Å²) < 4.78 is 13.2. The molecule has 0 saturated carbocycles. The molecular weight excluding hydrogens is 610 g/mol. The number of carbonyl (C=O) groups is 1. The van der Waals surface area contributed by atoms with E-state index >= 15 is 0 Å². The zero-order valence-corrected chi connectivity index (χ0v) is 28.2. The van der Waals surface area contributed by atoms with Crippen LogP contribution in [0.5, 0.6) is 0 Å². The minimum atomic E-state index is -0.527. The van der Waals surface area contributed by atoms with Gasteiger partial charge in [0.1, 0.15) is 0 Å². The van der Waals surface area contributed by atoms with Crippen molar-refractivity contribution in [2.45, 2.75) is 57.6 Å². The first kappa shape index (κ1) is 34.1. The molecule has 252 valence electrons. The van der Waals surface area contributed by atoms with Gasteiger partial charge in [0.25, 0.3) is 0 Å². The van der Waals surface area contributed by atoms with Crippen LogP contribution >= 0.6 is 0 Å². The molecule has 1 aliphatic heterocycles. The van der Waals surface area contributed by atoms with E-state index in [-0.39, 0.29) is 30.9 Å². The predicted octanol–water partition coefficient (Wildman–Crippen LogP) is 8.08. The van der Waals surface area contributed by atoms with Gasteiger partial charge in [0.2, 0.25) is 0 Å². The Labute approximate surface area is 289 Å². The molecule has 0 aromatic heterocycles. The summed E-state index contributed by atoms with van der Waals surface area (Å²) in [6.45, 7) is 3.90. The predicted molar refractivity (Wildman–Crippen MR) is 193 cm³/mol. The van der Waals surface area contributed by atoms with E-state index in [2.05, 4.69) is 90.2 Å². The van der Waals surface area contributed by atoms with Gasteiger partial charge >= 0.3 is 6.03 Å². The van der Waals surface area contributed by atoms with E-state index < -0.39 is 6.29 Å². The molecule has 0 spiro atoms. The molecule has 49 heavy (non-hydrogen) atoms. The van der Waals surface area contributed by atoms with Gasteiger partial charge in [-0.2, -0.15) is 0 Å². The fourth-order valence-electron chi connectivity index (χ4n) is 6.21. The highest BCUT2D eigenvalue weighted by Crippen LogP contribution is 2.39. The number of urea groups is 1. The van der Waals surface area contributed by atoms with Crippen molar-refractivity contribution in [3.05, 3.63) is 167 Å². The van der Waals surface area contributed by atoms with Crippen molar-refractivity contribution in [3.8, 4) is 11.1 Å². The molecule has 5 aromatic rings. The van der Waals surface area contributed by atoms with Gasteiger partial charge in [-0.15, -0.1) is 0 Å². The van der Waals surface area contributed by atoms with E-state index in [1.807, 2.05) is 72.8 Å². The standard InChI is InChI=1S/C42H45N3O4/c1-30(34-13-7-4-8-14-34)45(2)28-39-25-40(36-18-16-32(29-46)17-19-36)49-41(48-39)37-22-20-35(21-23-37)38-15-9-12-33(24-38)27-44-42(47)43-26-31-10-5-3-6-11-31/h3-24,30,39-41,46H,25-29H2,1-2H3,(H2,43,44,47). The first-order valence-electron chi connectivity index (χ1n) is 17.0. The number of rotatable bonds is 12. The molecule has 4 unspecified atom stereocenters. The molecule has 2 amide bonds. The molecule has 1 saturated heterocycles. The van der Waals surface area contributed by atoms with Crippen molar-refractivity contribution in [2.24, 2.45) is 0 Å². The van der Waals surface area contributed by atoms with Crippen molar-refractivity contribution in [2.75, 3.05) is 13.6 Å². The van der Waals surface area contributed by atoms with Crippen LogP contribution in [0.15, 0.2) is 133 Å². The van der Waals surface area contributed by atoms with E-state index in [1.54, 1.807) is 0 Å². The van der Waals surface area contributed by atoms with Crippen molar-refractivity contribution >= 4 is 6.03 Å². The van der Waals surface area contributed by atoms with Crippen LogP contribution in [-0.4, -0.2) is 35.7 Å². The molecule has 7 nitrogen and oxygen atoms in total. The number of hydrogen-bond acceptors (Lipinski definition) is 5. The normalized spacial score (nSPS) is 18.2. The van der Waals surface area contributed by atoms with E-state index in [4.69, 9.17) is 9.47 Å². The maximum absolute atomic E-state index is 12.4. The maximum atomic E-state index is 12.4. The Morgan fingerprint density at radius 1 is 0.735 bits per heavy atom. The van der Waals surface area contributed by atoms with Crippen LogP contribution in [0.2, 0.25) is 0 Å². The summed E-state index contributed by atoms with van der Waals surface area (Å²) in [4.78, 5) is 14.7. The number of aliphatic hydroxyl groups is 1. The number of carbonyl (C=O) groups excluding carboxylic acids is 1. The number of nitrogens with zero attached hydrogens (tertiary/aromatic N) is 1. The van der Waals surface area contributed by atoms with Crippen molar-refractivity contribution in [1.29, 1.82) is 0 Å².